The molecule has 2 heterocycles. The van der Waals surface area contributed by atoms with Gasteiger partial charge in [-0.25, -0.2) is 0 Å². The van der Waals surface area contributed by atoms with Gasteiger partial charge in [-0.3, -0.25) is 0 Å². The lowest BCUT2D eigenvalue weighted by molar-refractivity contribution is -0.188. The van der Waals surface area contributed by atoms with Crippen LogP contribution in [0.25, 0.3) is 0 Å². The van der Waals surface area contributed by atoms with E-state index in [1.165, 1.54) is 10.4 Å². The SMILES string of the molecule is C=C1O[C@@H]2OC(C)(C)OC2[C@@H]1O[Si](c1ccccc1)(c1ccccc1)C(C)(C)C. The van der Waals surface area contributed by atoms with E-state index in [4.69, 9.17) is 18.6 Å². The summed E-state index contributed by atoms with van der Waals surface area (Å²) < 4.78 is 25.2. The average Bonchev–Trinajstić information content (AvgIpc) is 3.10. The summed E-state index contributed by atoms with van der Waals surface area (Å²) >= 11 is 0. The van der Waals surface area contributed by atoms with Gasteiger partial charge in [0, 0.05) is 0 Å². The van der Waals surface area contributed by atoms with Crippen molar-refractivity contribution in [2.45, 2.75) is 63.9 Å². The number of hydrogen-bond acceptors (Lipinski definition) is 4. The third-order valence-electron chi connectivity index (χ3n) is 5.69. The van der Waals surface area contributed by atoms with Gasteiger partial charge in [-0.05, 0) is 29.3 Å². The summed E-state index contributed by atoms with van der Waals surface area (Å²) in [6.07, 6.45) is -1.21. The Hall–Kier alpha value is -1.92. The third-order valence-corrected chi connectivity index (χ3v) is 10.7. The molecule has 0 spiro atoms. The third kappa shape index (κ3) is 3.46. The van der Waals surface area contributed by atoms with E-state index in [1.807, 2.05) is 26.0 Å². The second kappa shape index (κ2) is 7.09. The van der Waals surface area contributed by atoms with Crippen LogP contribution in [0.4, 0.5) is 0 Å². The van der Waals surface area contributed by atoms with Crippen molar-refractivity contribution in [3.63, 3.8) is 0 Å². The molecule has 2 fully saturated rings. The first kappa shape index (κ1) is 20.4. The minimum atomic E-state index is -2.74. The van der Waals surface area contributed by atoms with Gasteiger partial charge in [-0.1, -0.05) is 88.0 Å². The first-order valence-corrected chi connectivity index (χ1v) is 12.0. The van der Waals surface area contributed by atoms with Crippen LogP contribution in [0, 0.1) is 0 Å². The van der Waals surface area contributed by atoms with Crippen molar-refractivity contribution in [2.24, 2.45) is 0 Å². The highest BCUT2D eigenvalue weighted by Crippen LogP contribution is 2.44. The van der Waals surface area contributed by atoms with Crippen molar-refractivity contribution in [3.8, 4) is 0 Å². The van der Waals surface area contributed by atoms with E-state index < -0.39 is 26.5 Å². The number of benzene rings is 2. The van der Waals surface area contributed by atoms with E-state index >= 15 is 0 Å². The molecule has 0 N–H and O–H groups in total. The normalized spacial score (nSPS) is 26.2. The van der Waals surface area contributed by atoms with E-state index in [0.29, 0.717) is 5.76 Å². The molecule has 4 rings (SSSR count). The average molecular weight is 411 g/mol. The van der Waals surface area contributed by atoms with Crippen molar-refractivity contribution < 1.29 is 18.6 Å². The van der Waals surface area contributed by atoms with Gasteiger partial charge in [0.1, 0.15) is 11.9 Å². The first-order chi connectivity index (χ1) is 13.6. The lowest BCUT2D eigenvalue weighted by Gasteiger charge is -2.45. The Kier molecular flexibility index (Phi) is 4.98. The standard InChI is InChI=1S/C24H30O4Si/c1-17-20(21-22(25-17)27-24(5,6)26-21)28-29(23(2,3)4,18-13-9-7-10-14-18)19-15-11-8-12-16-19/h7-16,20-22H,1H2,2-6H3/t20-,21?,22-/m1/s1. The van der Waals surface area contributed by atoms with Crippen LogP contribution in [0.5, 0.6) is 0 Å². The molecule has 1 unspecified atom stereocenters. The quantitative estimate of drug-likeness (QED) is 0.715. The maximum Gasteiger partial charge on any atom is 0.262 e. The summed E-state index contributed by atoms with van der Waals surface area (Å²) in [7, 11) is -2.74. The number of fused-ring (bicyclic) bond motifs is 1. The van der Waals surface area contributed by atoms with E-state index in [1.54, 1.807) is 0 Å². The van der Waals surface area contributed by atoms with Gasteiger partial charge in [0.2, 0.25) is 6.29 Å². The van der Waals surface area contributed by atoms with Crippen molar-refractivity contribution in [2.75, 3.05) is 0 Å². The molecule has 2 aromatic rings. The zero-order valence-corrected chi connectivity index (χ0v) is 18.8. The van der Waals surface area contributed by atoms with Crippen molar-refractivity contribution in [1.82, 2.24) is 0 Å². The second-order valence-corrected chi connectivity index (χ2v) is 13.5. The van der Waals surface area contributed by atoms with E-state index in [-0.39, 0.29) is 11.1 Å². The van der Waals surface area contributed by atoms with Gasteiger partial charge in [0.25, 0.3) is 8.32 Å². The molecule has 0 amide bonds. The van der Waals surface area contributed by atoms with Crippen LogP contribution in [-0.4, -0.2) is 32.6 Å². The van der Waals surface area contributed by atoms with Crippen LogP contribution < -0.4 is 10.4 Å². The largest absolute Gasteiger partial charge is 0.464 e. The predicted octanol–water partition coefficient (Wildman–Crippen LogP) is 3.95. The fraction of sp³-hybridized carbons (Fsp3) is 0.417. The maximum absolute atomic E-state index is 7.16. The molecular formula is C24H30O4Si. The molecule has 0 aliphatic carbocycles. The summed E-state index contributed by atoms with van der Waals surface area (Å²) in [5.41, 5.74) is 0. The molecule has 154 valence electrons. The Balaban J connectivity index is 1.84. The molecule has 2 aromatic carbocycles. The monoisotopic (exact) mass is 410 g/mol. The van der Waals surface area contributed by atoms with Crippen LogP contribution in [-0.2, 0) is 18.6 Å². The Morgan fingerprint density at radius 2 is 1.41 bits per heavy atom. The zero-order chi connectivity index (χ0) is 20.9. The molecule has 2 aliphatic heterocycles. The molecule has 5 heteroatoms. The highest BCUT2D eigenvalue weighted by Gasteiger charge is 2.59. The Morgan fingerprint density at radius 1 is 0.897 bits per heavy atom. The summed E-state index contributed by atoms with van der Waals surface area (Å²) in [6.45, 7) is 14.7. The fourth-order valence-electron chi connectivity index (χ4n) is 4.47. The van der Waals surface area contributed by atoms with Crippen LogP contribution in [0.3, 0.4) is 0 Å². The predicted molar refractivity (Wildman–Crippen MR) is 117 cm³/mol. The van der Waals surface area contributed by atoms with Gasteiger partial charge in [-0.15, -0.1) is 0 Å². The molecule has 2 aliphatic rings. The van der Waals surface area contributed by atoms with Gasteiger partial charge in [0.05, 0.1) is 0 Å². The summed E-state index contributed by atoms with van der Waals surface area (Å²) in [4.78, 5) is 0. The molecule has 29 heavy (non-hydrogen) atoms. The maximum atomic E-state index is 7.16. The molecule has 0 saturated carbocycles. The summed E-state index contributed by atoms with van der Waals surface area (Å²) in [5, 5.41) is 2.30. The molecule has 2 saturated heterocycles. The summed E-state index contributed by atoms with van der Waals surface area (Å²) in [5.74, 6) is -0.133. The highest BCUT2D eigenvalue weighted by molar-refractivity contribution is 6.99. The van der Waals surface area contributed by atoms with Crippen molar-refractivity contribution in [3.05, 3.63) is 73.0 Å². The highest BCUT2D eigenvalue weighted by atomic mass is 28.4. The van der Waals surface area contributed by atoms with Crippen molar-refractivity contribution in [1.29, 1.82) is 0 Å². The van der Waals surface area contributed by atoms with Crippen LogP contribution >= 0.6 is 0 Å². The number of rotatable bonds is 4. The Bertz CT molecular complexity index is 833. The minimum Gasteiger partial charge on any atom is -0.464 e. The van der Waals surface area contributed by atoms with Gasteiger partial charge in [0.15, 0.2) is 11.9 Å². The van der Waals surface area contributed by atoms with E-state index in [0.717, 1.165) is 0 Å². The lowest BCUT2D eigenvalue weighted by atomic mass is 10.2. The lowest BCUT2D eigenvalue weighted by Crippen LogP contribution is -2.68. The molecule has 0 bridgehead atoms. The van der Waals surface area contributed by atoms with E-state index in [2.05, 4.69) is 75.9 Å². The van der Waals surface area contributed by atoms with Crippen LogP contribution in [0.2, 0.25) is 5.04 Å². The van der Waals surface area contributed by atoms with Gasteiger partial charge in [-0.2, -0.15) is 0 Å². The number of hydrogen-bond donors (Lipinski definition) is 0. The number of ether oxygens (including phenoxy) is 3. The summed E-state index contributed by atoms with van der Waals surface area (Å²) in [6, 6.07) is 21.1. The zero-order valence-electron chi connectivity index (χ0n) is 17.8. The minimum absolute atomic E-state index is 0.136. The topological polar surface area (TPSA) is 36.9 Å². The molecule has 3 atom stereocenters. The molecule has 0 radical (unpaired) electrons. The fourth-order valence-corrected chi connectivity index (χ4v) is 9.13. The molecule has 4 nitrogen and oxygen atoms in total. The van der Waals surface area contributed by atoms with E-state index in [9.17, 15) is 0 Å². The van der Waals surface area contributed by atoms with Gasteiger partial charge >= 0.3 is 0 Å². The second-order valence-electron chi connectivity index (χ2n) is 9.25. The van der Waals surface area contributed by atoms with Crippen LogP contribution in [0.1, 0.15) is 34.6 Å². The first-order valence-electron chi connectivity index (χ1n) is 10.1. The smallest absolute Gasteiger partial charge is 0.262 e. The molecule has 0 aromatic heterocycles. The Morgan fingerprint density at radius 3 is 1.90 bits per heavy atom. The van der Waals surface area contributed by atoms with Gasteiger partial charge < -0.3 is 18.6 Å². The van der Waals surface area contributed by atoms with Crippen molar-refractivity contribution >= 4 is 18.7 Å². The Labute approximate surface area is 174 Å². The molecular weight excluding hydrogens is 380 g/mol. The van der Waals surface area contributed by atoms with Crippen LogP contribution in [0.15, 0.2) is 73.0 Å².